The number of para-hydroxylation sites is 1. The number of fused-ring (bicyclic) bond motifs is 1. The van der Waals surface area contributed by atoms with Crippen molar-refractivity contribution in [3.63, 3.8) is 0 Å². The second-order valence-electron chi connectivity index (χ2n) is 6.34. The molecule has 4 rings (SSSR count). The average Bonchev–Trinajstić information content (AvgIpc) is 3.17. The summed E-state index contributed by atoms with van der Waals surface area (Å²) in [5, 5.41) is 10.9. The minimum Gasteiger partial charge on any atom is -0.486 e. The fourth-order valence-electron chi connectivity index (χ4n) is 2.97. The van der Waals surface area contributed by atoms with Crippen LogP contribution in [0.1, 0.15) is 23.6 Å². The molecule has 0 N–H and O–H groups in total. The van der Waals surface area contributed by atoms with Crippen molar-refractivity contribution >= 4 is 21.4 Å². The molecule has 0 amide bonds. The van der Waals surface area contributed by atoms with Gasteiger partial charge in [0, 0.05) is 0 Å². The molecule has 1 atom stereocenters. The Labute approximate surface area is 167 Å². The summed E-state index contributed by atoms with van der Waals surface area (Å²) >= 11 is 6.22. The number of hydrogen-bond donors (Lipinski definition) is 0. The Kier molecular flexibility index (Phi) is 4.94. The molecule has 0 unspecified atom stereocenters. The van der Waals surface area contributed by atoms with Gasteiger partial charge in [0.05, 0.1) is 16.5 Å². The minimum atomic E-state index is -3.63. The van der Waals surface area contributed by atoms with Crippen LogP contribution in [0.4, 0.5) is 0 Å². The largest absolute Gasteiger partial charge is 0.486 e. The summed E-state index contributed by atoms with van der Waals surface area (Å²) in [6, 6.07) is 12.4. The van der Waals surface area contributed by atoms with Crippen LogP contribution in [0.15, 0.2) is 42.5 Å². The summed E-state index contributed by atoms with van der Waals surface area (Å²) in [4.78, 5) is 0. The van der Waals surface area contributed by atoms with Gasteiger partial charge in [-0.3, -0.25) is 0 Å². The first-order valence-corrected chi connectivity index (χ1v) is 10.7. The predicted molar refractivity (Wildman–Crippen MR) is 103 cm³/mol. The Hall–Kier alpha value is -2.65. The topological polar surface area (TPSA) is 96.2 Å². The van der Waals surface area contributed by atoms with E-state index in [1.807, 2.05) is 18.2 Å². The van der Waals surface area contributed by atoms with E-state index in [1.165, 1.54) is 4.68 Å². The van der Waals surface area contributed by atoms with E-state index < -0.39 is 15.1 Å². The quantitative estimate of drug-likeness (QED) is 0.626. The molecule has 0 fully saturated rings. The van der Waals surface area contributed by atoms with Crippen molar-refractivity contribution in [3.05, 3.63) is 58.9 Å². The summed E-state index contributed by atoms with van der Waals surface area (Å²) < 4.78 is 38.5. The molecule has 0 radical (unpaired) electrons. The molecule has 2 aromatic carbocycles. The molecule has 8 nitrogen and oxygen atoms in total. The molecule has 2 heterocycles. The van der Waals surface area contributed by atoms with Crippen LogP contribution in [0.3, 0.4) is 0 Å². The van der Waals surface area contributed by atoms with Crippen LogP contribution in [0.5, 0.6) is 11.5 Å². The Bertz CT molecular complexity index is 1100. The molecule has 1 aliphatic rings. The summed E-state index contributed by atoms with van der Waals surface area (Å²) in [5.74, 6) is 0.905. The molecule has 0 saturated carbocycles. The molecule has 0 bridgehead atoms. The summed E-state index contributed by atoms with van der Waals surface area (Å²) in [6.45, 7) is 2.37. The molecule has 3 aromatic rings. The lowest BCUT2D eigenvalue weighted by Gasteiger charge is -2.20. The normalized spacial score (nSPS) is 14.6. The molecule has 1 aromatic heterocycles. The lowest BCUT2D eigenvalue weighted by molar-refractivity contribution is 0.171. The van der Waals surface area contributed by atoms with Crippen molar-refractivity contribution in [2.45, 2.75) is 17.9 Å². The first-order valence-electron chi connectivity index (χ1n) is 8.59. The van der Waals surface area contributed by atoms with Gasteiger partial charge in [0.15, 0.2) is 27.2 Å². The molecule has 1 aliphatic heterocycles. The highest BCUT2D eigenvalue weighted by molar-refractivity contribution is 7.90. The van der Waals surface area contributed by atoms with Gasteiger partial charge in [-0.1, -0.05) is 29.8 Å². The maximum atomic E-state index is 13.0. The van der Waals surface area contributed by atoms with Gasteiger partial charge < -0.3 is 9.47 Å². The maximum absolute atomic E-state index is 13.0. The fraction of sp³-hybridized carbons (Fsp3) is 0.278. The van der Waals surface area contributed by atoms with E-state index in [1.54, 1.807) is 31.2 Å². The van der Waals surface area contributed by atoms with E-state index in [9.17, 15) is 8.42 Å². The first-order chi connectivity index (χ1) is 13.5. The number of aromatic nitrogens is 4. The second-order valence-corrected chi connectivity index (χ2v) is 9.06. The van der Waals surface area contributed by atoms with Gasteiger partial charge in [0.25, 0.3) is 0 Å². The molecular weight excluding hydrogens is 404 g/mol. The van der Waals surface area contributed by atoms with Crippen LogP contribution in [0.2, 0.25) is 5.02 Å². The van der Waals surface area contributed by atoms with E-state index in [2.05, 4.69) is 15.5 Å². The smallest absolute Gasteiger partial charge is 0.179 e. The molecule has 0 aliphatic carbocycles. The fourth-order valence-corrected chi connectivity index (χ4v) is 4.60. The molecule has 28 heavy (non-hydrogen) atoms. The number of sulfone groups is 1. The summed E-state index contributed by atoms with van der Waals surface area (Å²) in [5.41, 5.74) is 1.20. The van der Waals surface area contributed by atoms with E-state index in [0.29, 0.717) is 41.0 Å². The molecular formula is C18H17ClN4O4S. The van der Waals surface area contributed by atoms with Gasteiger partial charge in [-0.2, -0.15) is 4.68 Å². The van der Waals surface area contributed by atoms with Gasteiger partial charge in [0.1, 0.15) is 18.5 Å². The van der Waals surface area contributed by atoms with E-state index >= 15 is 0 Å². The number of hydrogen-bond acceptors (Lipinski definition) is 7. The van der Waals surface area contributed by atoms with Crippen LogP contribution in [0, 0.1) is 0 Å². The van der Waals surface area contributed by atoms with Gasteiger partial charge in [-0.25, -0.2) is 8.42 Å². The molecule has 146 valence electrons. The van der Waals surface area contributed by atoms with E-state index in [-0.39, 0.29) is 11.6 Å². The van der Waals surface area contributed by atoms with Crippen molar-refractivity contribution < 1.29 is 17.9 Å². The summed E-state index contributed by atoms with van der Waals surface area (Å²) in [6.07, 6.45) is 0. The van der Waals surface area contributed by atoms with Crippen molar-refractivity contribution in [1.29, 1.82) is 0 Å². The Morgan fingerprint density at radius 1 is 1.18 bits per heavy atom. The van der Waals surface area contributed by atoms with Crippen LogP contribution >= 0.6 is 11.6 Å². The van der Waals surface area contributed by atoms with Gasteiger partial charge in [-0.15, -0.1) is 5.10 Å². The zero-order valence-corrected chi connectivity index (χ0v) is 16.5. The number of nitrogens with zero attached hydrogens (tertiary/aromatic N) is 4. The average molecular weight is 421 g/mol. The van der Waals surface area contributed by atoms with Gasteiger partial charge in [-0.05, 0) is 47.2 Å². The Morgan fingerprint density at radius 3 is 2.71 bits per heavy atom. The highest BCUT2D eigenvalue weighted by atomic mass is 35.5. The third-order valence-electron chi connectivity index (χ3n) is 4.42. The predicted octanol–water partition coefficient (Wildman–Crippen LogP) is 2.76. The number of tetrazole rings is 1. The minimum absolute atomic E-state index is 0.230. The third kappa shape index (κ3) is 3.55. The number of benzene rings is 2. The van der Waals surface area contributed by atoms with Crippen molar-refractivity contribution in [2.75, 3.05) is 13.2 Å². The van der Waals surface area contributed by atoms with E-state index in [4.69, 9.17) is 21.1 Å². The van der Waals surface area contributed by atoms with Crippen LogP contribution < -0.4 is 9.47 Å². The van der Waals surface area contributed by atoms with Crippen molar-refractivity contribution in [3.8, 4) is 17.2 Å². The zero-order chi connectivity index (χ0) is 19.7. The maximum Gasteiger partial charge on any atom is 0.179 e. The van der Waals surface area contributed by atoms with Gasteiger partial charge in [0.2, 0.25) is 0 Å². The number of halogens is 1. The molecule has 0 spiro atoms. The van der Waals surface area contributed by atoms with Crippen molar-refractivity contribution in [1.82, 2.24) is 20.2 Å². The SMILES string of the molecule is C[C@H](c1nnnn1-c1ccccc1)S(=O)(=O)Cc1cc(Cl)c2c(c1)OCCO2. The van der Waals surface area contributed by atoms with Crippen molar-refractivity contribution in [2.24, 2.45) is 0 Å². The third-order valence-corrected chi connectivity index (χ3v) is 6.73. The number of rotatable bonds is 5. The van der Waals surface area contributed by atoms with Crippen LogP contribution in [-0.2, 0) is 15.6 Å². The van der Waals surface area contributed by atoms with Crippen LogP contribution in [0.25, 0.3) is 5.69 Å². The Morgan fingerprint density at radius 2 is 1.93 bits per heavy atom. The monoisotopic (exact) mass is 420 g/mol. The first kappa shape index (κ1) is 18.7. The lowest BCUT2D eigenvalue weighted by Crippen LogP contribution is -2.18. The second kappa shape index (κ2) is 7.40. The summed E-state index contributed by atoms with van der Waals surface area (Å²) in [7, 11) is -3.63. The lowest BCUT2D eigenvalue weighted by atomic mass is 10.2. The Balaban J connectivity index is 1.63. The standard InChI is InChI=1S/C18H17ClN4O4S/c1-12(18-20-21-22-23(18)14-5-3-2-4-6-14)28(24,25)11-13-9-15(19)17-16(10-13)26-7-8-27-17/h2-6,9-10,12H,7-8,11H2,1H3/t12-/m1/s1. The zero-order valence-electron chi connectivity index (χ0n) is 14.9. The molecule has 10 heteroatoms. The highest BCUT2D eigenvalue weighted by Crippen LogP contribution is 2.39. The van der Waals surface area contributed by atoms with E-state index in [0.717, 1.165) is 0 Å². The van der Waals surface area contributed by atoms with Crippen LogP contribution in [-0.4, -0.2) is 41.8 Å². The number of ether oxygens (including phenoxy) is 2. The molecule has 0 saturated heterocycles. The van der Waals surface area contributed by atoms with Gasteiger partial charge >= 0.3 is 0 Å². The highest BCUT2D eigenvalue weighted by Gasteiger charge is 2.29.